The third kappa shape index (κ3) is 3.22. The van der Waals surface area contributed by atoms with Gasteiger partial charge in [0.15, 0.2) is 0 Å². The molecule has 0 saturated carbocycles. The molecule has 3 heterocycles. The average Bonchev–Trinajstić information content (AvgIpc) is 3.28. The van der Waals surface area contributed by atoms with Crippen molar-refractivity contribution in [3.8, 4) is 0 Å². The van der Waals surface area contributed by atoms with Crippen LogP contribution >= 0.6 is 22.7 Å². The van der Waals surface area contributed by atoms with Gasteiger partial charge in [-0.25, -0.2) is 9.78 Å². The lowest BCUT2D eigenvalue weighted by atomic mass is 10.0. The number of hydrogen-bond acceptors (Lipinski definition) is 5. The fraction of sp³-hybridized carbons (Fsp3) is 0.0500. The summed E-state index contributed by atoms with van der Waals surface area (Å²) in [6.45, 7) is 1.64. The number of H-pyrrole nitrogens is 1. The van der Waals surface area contributed by atoms with Crippen LogP contribution in [0.4, 0.5) is 0 Å². The molecule has 0 unspecified atom stereocenters. The summed E-state index contributed by atoms with van der Waals surface area (Å²) in [7, 11) is 0. The maximum absolute atomic E-state index is 12.7. The number of carboxylic acids is 1. The first-order valence-corrected chi connectivity index (χ1v) is 9.87. The van der Waals surface area contributed by atoms with Gasteiger partial charge in [0, 0.05) is 5.57 Å². The zero-order chi connectivity index (χ0) is 19.0. The molecule has 27 heavy (non-hydrogen) atoms. The van der Waals surface area contributed by atoms with E-state index >= 15 is 0 Å². The Kier molecular flexibility index (Phi) is 4.47. The van der Waals surface area contributed by atoms with Gasteiger partial charge >= 0.3 is 5.97 Å². The maximum atomic E-state index is 12.7. The lowest BCUT2D eigenvalue weighted by Crippen LogP contribution is -2.11. The molecule has 0 radical (unpaired) electrons. The first-order chi connectivity index (χ1) is 13.0. The summed E-state index contributed by atoms with van der Waals surface area (Å²) >= 11 is 2.61. The zero-order valence-electron chi connectivity index (χ0n) is 14.2. The number of rotatable bonds is 4. The lowest BCUT2D eigenvalue weighted by Gasteiger charge is -2.07. The Morgan fingerprint density at radius 3 is 2.67 bits per heavy atom. The molecule has 0 aliphatic rings. The van der Waals surface area contributed by atoms with Gasteiger partial charge in [-0.05, 0) is 46.5 Å². The molecule has 4 rings (SSSR count). The third-order valence-corrected chi connectivity index (χ3v) is 6.06. The summed E-state index contributed by atoms with van der Waals surface area (Å²) in [5, 5.41) is 13.7. The van der Waals surface area contributed by atoms with Crippen molar-refractivity contribution in [1.82, 2.24) is 9.97 Å². The van der Waals surface area contributed by atoms with Crippen LogP contribution in [0.25, 0.3) is 21.9 Å². The number of aromatic amines is 1. The number of carbonyl (C=O) groups is 1. The standard InChI is InChI=1S/C20H14N2O3S2/c1-11-15-18(23)21-17(22-19(15)27-16(11)20(24)25)14(9-12-7-8-26-10-12)13-5-3-2-4-6-13/h2-10H,1H3,(H,24,25)(H,21,22,23)/b14-9-. The number of benzene rings is 1. The quantitative estimate of drug-likeness (QED) is 0.528. The van der Waals surface area contributed by atoms with Crippen LogP contribution in [0.5, 0.6) is 0 Å². The number of aromatic carboxylic acids is 1. The smallest absolute Gasteiger partial charge is 0.346 e. The van der Waals surface area contributed by atoms with E-state index in [2.05, 4.69) is 9.97 Å². The molecule has 1 aromatic carbocycles. The second kappa shape index (κ2) is 6.94. The summed E-state index contributed by atoms with van der Waals surface area (Å²) in [6.07, 6.45) is 1.97. The predicted octanol–water partition coefficient (Wildman–Crippen LogP) is 4.64. The number of nitrogens with one attached hydrogen (secondary N) is 1. The number of aryl methyl sites for hydroxylation is 1. The summed E-state index contributed by atoms with van der Waals surface area (Å²) in [4.78, 5) is 32.1. The minimum atomic E-state index is -1.05. The van der Waals surface area contributed by atoms with Crippen LogP contribution in [0.3, 0.4) is 0 Å². The van der Waals surface area contributed by atoms with Gasteiger partial charge in [0.1, 0.15) is 15.5 Å². The van der Waals surface area contributed by atoms with Crippen LogP contribution in [0.1, 0.15) is 32.2 Å². The molecule has 0 spiro atoms. The van der Waals surface area contributed by atoms with Crippen LogP contribution in [-0.2, 0) is 0 Å². The van der Waals surface area contributed by atoms with Crippen molar-refractivity contribution < 1.29 is 9.90 Å². The van der Waals surface area contributed by atoms with Gasteiger partial charge in [0.25, 0.3) is 5.56 Å². The van der Waals surface area contributed by atoms with Gasteiger partial charge in [0.2, 0.25) is 0 Å². The second-order valence-corrected chi connectivity index (χ2v) is 7.72. The molecule has 2 N–H and O–H groups in total. The van der Waals surface area contributed by atoms with E-state index in [1.807, 2.05) is 53.2 Å². The molecule has 0 amide bonds. The summed E-state index contributed by atoms with van der Waals surface area (Å²) in [5.41, 5.74) is 2.82. The second-order valence-electron chi connectivity index (χ2n) is 5.94. The highest BCUT2D eigenvalue weighted by Crippen LogP contribution is 2.30. The Morgan fingerprint density at radius 1 is 1.22 bits per heavy atom. The normalized spacial score (nSPS) is 11.8. The van der Waals surface area contributed by atoms with Crippen molar-refractivity contribution >= 4 is 50.5 Å². The Balaban J connectivity index is 1.97. The molecule has 134 valence electrons. The highest BCUT2D eigenvalue weighted by molar-refractivity contribution is 7.20. The molecule has 0 saturated heterocycles. The molecule has 3 aromatic heterocycles. The molecule has 4 aromatic rings. The largest absolute Gasteiger partial charge is 0.477 e. The molecule has 5 nitrogen and oxygen atoms in total. The van der Waals surface area contributed by atoms with Crippen molar-refractivity contribution in [3.63, 3.8) is 0 Å². The van der Waals surface area contributed by atoms with Crippen LogP contribution in [0.2, 0.25) is 0 Å². The van der Waals surface area contributed by atoms with E-state index < -0.39 is 5.97 Å². The van der Waals surface area contributed by atoms with Gasteiger partial charge < -0.3 is 10.1 Å². The number of nitrogens with zero attached hydrogens (tertiary/aromatic N) is 1. The van der Waals surface area contributed by atoms with E-state index in [-0.39, 0.29) is 10.4 Å². The number of carboxylic acid groups (broad SMARTS) is 1. The average molecular weight is 394 g/mol. The summed E-state index contributed by atoms with van der Waals surface area (Å²) in [5.74, 6) is -0.628. The molecular weight excluding hydrogens is 380 g/mol. The first-order valence-electron chi connectivity index (χ1n) is 8.11. The minimum Gasteiger partial charge on any atom is -0.477 e. The van der Waals surface area contributed by atoms with E-state index in [0.717, 1.165) is 28.0 Å². The van der Waals surface area contributed by atoms with Gasteiger partial charge in [-0.2, -0.15) is 11.3 Å². The summed E-state index contributed by atoms with van der Waals surface area (Å²) in [6, 6.07) is 11.7. The Labute approximate surface area is 162 Å². The molecule has 7 heteroatoms. The topological polar surface area (TPSA) is 83.0 Å². The van der Waals surface area contributed by atoms with Gasteiger partial charge in [-0.3, -0.25) is 4.79 Å². The zero-order valence-corrected chi connectivity index (χ0v) is 15.9. The third-order valence-electron chi connectivity index (χ3n) is 4.19. The van der Waals surface area contributed by atoms with E-state index in [0.29, 0.717) is 21.6 Å². The molecule has 0 aliphatic heterocycles. The summed E-state index contributed by atoms with van der Waals surface area (Å²) < 4.78 is 0. The van der Waals surface area contributed by atoms with Gasteiger partial charge in [-0.15, -0.1) is 11.3 Å². The number of fused-ring (bicyclic) bond motifs is 1. The lowest BCUT2D eigenvalue weighted by molar-refractivity contribution is 0.0701. The van der Waals surface area contributed by atoms with Crippen molar-refractivity contribution in [2.24, 2.45) is 0 Å². The van der Waals surface area contributed by atoms with Crippen molar-refractivity contribution in [2.75, 3.05) is 0 Å². The van der Waals surface area contributed by atoms with Crippen molar-refractivity contribution in [2.45, 2.75) is 6.92 Å². The molecule has 0 aliphatic carbocycles. The van der Waals surface area contributed by atoms with Crippen LogP contribution in [0, 0.1) is 6.92 Å². The fourth-order valence-electron chi connectivity index (χ4n) is 2.91. The van der Waals surface area contributed by atoms with Crippen molar-refractivity contribution in [1.29, 1.82) is 0 Å². The van der Waals surface area contributed by atoms with E-state index in [1.54, 1.807) is 18.3 Å². The Morgan fingerprint density at radius 2 is 2.00 bits per heavy atom. The Hall–Kier alpha value is -3.03. The first kappa shape index (κ1) is 17.4. The highest BCUT2D eigenvalue weighted by Gasteiger charge is 2.19. The van der Waals surface area contributed by atoms with Crippen LogP contribution in [-0.4, -0.2) is 21.0 Å². The Bertz CT molecular complexity index is 1220. The van der Waals surface area contributed by atoms with Crippen LogP contribution < -0.4 is 5.56 Å². The fourth-order valence-corrected chi connectivity index (χ4v) is 4.54. The molecule has 0 atom stereocenters. The maximum Gasteiger partial charge on any atom is 0.346 e. The monoisotopic (exact) mass is 394 g/mol. The number of aromatic nitrogens is 2. The van der Waals surface area contributed by atoms with Gasteiger partial charge in [0.05, 0.1) is 5.39 Å². The SMILES string of the molecule is Cc1c(C(=O)O)sc2nc(/C(=C\c3ccsc3)c3ccccc3)[nH]c(=O)c12. The predicted molar refractivity (Wildman–Crippen MR) is 110 cm³/mol. The van der Waals surface area contributed by atoms with Crippen LogP contribution in [0.15, 0.2) is 52.0 Å². The van der Waals surface area contributed by atoms with Gasteiger partial charge in [-0.1, -0.05) is 30.3 Å². The number of thiophene rings is 2. The molecule has 0 fully saturated rings. The molecular formula is C20H14N2O3S2. The molecule has 0 bridgehead atoms. The number of hydrogen-bond donors (Lipinski definition) is 2. The van der Waals surface area contributed by atoms with E-state index in [4.69, 9.17) is 0 Å². The van der Waals surface area contributed by atoms with Crippen molar-refractivity contribution in [3.05, 3.63) is 84.9 Å². The highest BCUT2D eigenvalue weighted by atomic mass is 32.1. The van der Waals surface area contributed by atoms with E-state index in [9.17, 15) is 14.7 Å². The minimum absolute atomic E-state index is 0.142. The van der Waals surface area contributed by atoms with E-state index in [1.165, 1.54) is 0 Å².